The minimum atomic E-state index is 1.10. The van der Waals surface area contributed by atoms with Crippen molar-refractivity contribution in [1.82, 2.24) is 0 Å². The minimum absolute atomic E-state index is 1.10. The molecule has 130 valence electrons. The van der Waals surface area contributed by atoms with Crippen molar-refractivity contribution >= 4 is 0 Å². The van der Waals surface area contributed by atoms with E-state index < -0.39 is 0 Å². The number of rotatable bonds is 18. The second kappa shape index (κ2) is 20.7. The molecule has 0 fully saturated rings. The van der Waals surface area contributed by atoms with Gasteiger partial charge in [-0.1, -0.05) is 116 Å². The summed E-state index contributed by atoms with van der Waals surface area (Å²) in [5.41, 5.74) is 0. The maximum absolute atomic E-state index is 3.89. The monoisotopic (exact) mass is 306 g/mol. The van der Waals surface area contributed by atoms with E-state index in [1.165, 1.54) is 103 Å². The third-order valence-corrected chi connectivity index (χ3v) is 4.41. The molecule has 0 heterocycles. The van der Waals surface area contributed by atoms with Gasteiger partial charge in [0, 0.05) is 0 Å². The fourth-order valence-corrected chi connectivity index (χ4v) is 2.88. The molecular formula is C22H42. The summed E-state index contributed by atoms with van der Waals surface area (Å²) < 4.78 is 0. The van der Waals surface area contributed by atoms with E-state index in [4.69, 9.17) is 0 Å². The van der Waals surface area contributed by atoms with Gasteiger partial charge < -0.3 is 0 Å². The Morgan fingerprint density at radius 2 is 0.636 bits per heavy atom. The molecule has 0 nitrogen and oxygen atoms in total. The number of unbranched alkanes of at least 4 members (excludes halogenated alkanes) is 16. The van der Waals surface area contributed by atoms with E-state index in [9.17, 15) is 0 Å². The smallest absolute Gasteiger partial charge is 0.0351 e. The molecule has 22 heavy (non-hydrogen) atoms. The van der Waals surface area contributed by atoms with Crippen LogP contribution >= 0.6 is 0 Å². The van der Waals surface area contributed by atoms with E-state index in [1.807, 2.05) is 0 Å². The van der Waals surface area contributed by atoms with Gasteiger partial charge in [-0.2, -0.15) is 0 Å². The first kappa shape index (κ1) is 21.7. The third kappa shape index (κ3) is 19.7. The molecule has 0 N–H and O–H groups in total. The summed E-state index contributed by atoms with van der Waals surface area (Å²) >= 11 is 0. The Balaban J connectivity index is 3.00. The zero-order valence-corrected chi connectivity index (χ0v) is 15.3. The first-order valence-electron chi connectivity index (χ1n) is 10.1. The second-order valence-electron chi connectivity index (χ2n) is 6.71. The summed E-state index contributed by atoms with van der Waals surface area (Å²) in [6.07, 6.45) is 29.2. The van der Waals surface area contributed by atoms with Crippen molar-refractivity contribution in [3.05, 3.63) is 26.0 Å². The Hall–Kier alpha value is -0.260. The first-order chi connectivity index (χ1) is 10.9. The van der Waals surface area contributed by atoms with Crippen molar-refractivity contribution < 1.29 is 0 Å². The lowest BCUT2D eigenvalue weighted by Gasteiger charge is -2.02. The summed E-state index contributed by atoms with van der Waals surface area (Å²) in [5.74, 6) is 0. The van der Waals surface area contributed by atoms with Crippen LogP contribution in [0, 0.1) is 13.8 Å². The van der Waals surface area contributed by atoms with Gasteiger partial charge in [-0.3, -0.25) is 0 Å². The second-order valence-corrected chi connectivity index (χ2v) is 6.71. The van der Waals surface area contributed by atoms with Crippen molar-refractivity contribution in [3.63, 3.8) is 0 Å². The molecule has 0 saturated heterocycles. The fourth-order valence-electron chi connectivity index (χ4n) is 2.88. The Morgan fingerprint density at radius 3 is 1.00 bits per heavy atom. The van der Waals surface area contributed by atoms with Gasteiger partial charge in [-0.05, 0) is 25.7 Å². The molecule has 0 bridgehead atoms. The van der Waals surface area contributed by atoms with Gasteiger partial charge in [0.25, 0.3) is 0 Å². The Labute approximate surface area is 142 Å². The number of allylic oxidation sites excluding steroid dienone is 2. The van der Waals surface area contributed by atoms with Crippen molar-refractivity contribution in [1.29, 1.82) is 0 Å². The highest BCUT2D eigenvalue weighted by atomic mass is 14.0. The zero-order valence-electron chi connectivity index (χ0n) is 15.3. The number of hydrogen-bond donors (Lipinski definition) is 0. The van der Waals surface area contributed by atoms with Gasteiger partial charge in [0.2, 0.25) is 0 Å². The van der Waals surface area contributed by atoms with Crippen molar-refractivity contribution in [3.8, 4) is 0 Å². The van der Waals surface area contributed by atoms with Crippen LogP contribution in [0.2, 0.25) is 0 Å². The predicted molar refractivity (Wildman–Crippen MR) is 103 cm³/mol. The van der Waals surface area contributed by atoms with Gasteiger partial charge in [0.1, 0.15) is 0 Å². The highest BCUT2D eigenvalue weighted by Gasteiger charge is 1.93. The van der Waals surface area contributed by atoms with Crippen LogP contribution in [0.15, 0.2) is 12.2 Å². The van der Waals surface area contributed by atoms with Crippen LogP contribution in [0.1, 0.15) is 116 Å². The Morgan fingerprint density at radius 1 is 0.364 bits per heavy atom. The molecule has 0 heteroatoms. The van der Waals surface area contributed by atoms with Crippen LogP contribution in [0.25, 0.3) is 0 Å². The van der Waals surface area contributed by atoms with Gasteiger partial charge in [-0.25, -0.2) is 0 Å². The molecule has 0 unspecified atom stereocenters. The molecule has 0 aliphatic rings. The average Bonchev–Trinajstić information content (AvgIpc) is 2.54. The van der Waals surface area contributed by atoms with Gasteiger partial charge in [0.05, 0.1) is 0 Å². The molecule has 0 aromatic rings. The molecule has 0 aliphatic heterocycles. The molecule has 0 saturated carbocycles. The van der Waals surface area contributed by atoms with Gasteiger partial charge in [0.15, 0.2) is 0 Å². The normalized spacial score (nSPS) is 11.5. The summed E-state index contributed by atoms with van der Waals surface area (Å²) in [7, 11) is 0. The largest absolute Gasteiger partial charge is 0.0885 e. The Bertz CT molecular complexity index is 204. The highest BCUT2D eigenvalue weighted by molar-refractivity contribution is 4.81. The topological polar surface area (TPSA) is 0 Å². The molecule has 0 amide bonds. The molecule has 0 aliphatic carbocycles. The predicted octanol–water partition coefficient (Wildman–Crippen LogP) is 8.23. The van der Waals surface area contributed by atoms with Crippen LogP contribution in [-0.4, -0.2) is 0 Å². The summed E-state index contributed by atoms with van der Waals surface area (Å²) in [6, 6.07) is 0. The molecule has 0 spiro atoms. The van der Waals surface area contributed by atoms with E-state index >= 15 is 0 Å². The highest BCUT2D eigenvalue weighted by Crippen LogP contribution is 2.12. The lowest BCUT2D eigenvalue weighted by molar-refractivity contribution is 0.547. The summed E-state index contributed by atoms with van der Waals surface area (Å²) in [4.78, 5) is 0. The van der Waals surface area contributed by atoms with Crippen molar-refractivity contribution in [2.45, 2.75) is 116 Å². The van der Waals surface area contributed by atoms with Gasteiger partial charge >= 0.3 is 0 Å². The molecule has 0 rings (SSSR count). The molecule has 0 aromatic carbocycles. The SMILES string of the molecule is [CH2]CCCCCC=CCCCCCCCCCCCCC[CH2]. The quantitative estimate of drug-likeness (QED) is 0.177. The fraction of sp³-hybridized carbons (Fsp3) is 0.818. The van der Waals surface area contributed by atoms with E-state index in [2.05, 4.69) is 26.0 Å². The molecule has 0 atom stereocenters. The lowest BCUT2D eigenvalue weighted by atomic mass is 10.0. The van der Waals surface area contributed by atoms with Crippen molar-refractivity contribution in [2.75, 3.05) is 0 Å². The Kier molecular flexibility index (Phi) is 20.5. The third-order valence-electron chi connectivity index (χ3n) is 4.41. The van der Waals surface area contributed by atoms with Gasteiger partial charge in [-0.15, -0.1) is 0 Å². The molecular weight excluding hydrogens is 264 g/mol. The van der Waals surface area contributed by atoms with Crippen LogP contribution in [0.3, 0.4) is 0 Å². The van der Waals surface area contributed by atoms with Crippen LogP contribution in [0.5, 0.6) is 0 Å². The van der Waals surface area contributed by atoms with E-state index in [0.29, 0.717) is 0 Å². The first-order valence-corrected chi connectivity index (χ1v) is 10.1. The summed E-state index contributed by atoms with van der Waals surface area (Å²) in [5, 5.41) is 0. The van der Waals surface area contributed by atoms with Crippen molar-refractivity contribution in [2.24, 2.45) is 0 Å². The zero-order chi connectivity index (χ0) is 16.1. The van der Waals surface area contributed by atoms with E-state index in [0.717, 1.165) is 12.8 Å². The average molecular weight is 307 g/mol. The van der Waals surface area contributed by atoms with E-state index in [1.54, 1.807) is 0 Å². The maximum Gasteiger partial charge on any atom is -0.0351 e. The molecule has 0 aromatic heterocycles. The minimum Gasteiger partial charge on any atom is -0.0885 e. The van der Waals surface area contributed by atoms with Crippen LogP contribution < -0.4 is 0 Å². The summed E-state index contributed by atoms with van der Waals surface area (Å²) in [6.45, 7) is 7.77. The van der Waals surface area contributed by atoms with Crippen LogP contribution in [-0.2, 0) is 0 Å². The van der Waals surface area contributed by atoms with E-state index in [-0.39, 0.29) is 0 Å². The maximum atomic E-state index is 3.89. The lowest BCUT2D eigenvalue weighted by Crippen LogP contribution is -1.82. The standard InChI is InChI=1S/C22H42/c1-3-5-7-9-11-13-15-17-19-21-22-20-18-16-14-12-10-8-6-4-2/h13,15H,1-12,14,16-22H2. The number of hydrogen-bond acceptors (Lipinski definition) is 0. The molecule has 2 radical (unpaired) electrons. The van der Waals surface area contributed by atoms with Crippen LogP contribution in [0.4, 0.5) is 0 Å².